The molecule has 1 saturated heterocycles. The molecule has 1 fully saturated rings. The summed E-state index contributed by atoms with van der Waals surface area (Å²) in [6, 6.07) is 4.37. The molecule has 4 rings (SSSR count). The van der Waals surface area contributed by atoms with Gasteiger partial charge in [-0.05, 0) is 48.7 Å². The monoisotopic (exact) mass is 331 g/mol. The summed E-state index contributed by atoms with van der Waals surface area (Å²) in [4.78, 5) is 20.2. The van der Waals surface area contributed by atoms with E-state index in [0.717, 1.165) is 29.4 Å². The predicted molar refractivity (Wildman–Crippen MR) is 90.8 cm³/mol. The Kier molecular flexibility index (Phi) is 3.60. The molecule has 0 radical (unpaired) electrons. The lowest BCUT2D eigenvalue weighted by Crippen LogP contribution is -2.25. The number of hydrogen-bond acceptors (Lipinski definition) is 5. The molecular weight excluding hydrogens is 314 g/mol. The second kappa shape index (κ2) is 5.61. The lowest BCUT2D eigenvalue weighted by atomic mass is 10.1. The molecule has 3 aromatic rings. The summed E-state index contributed by atoms with van der Waals surface area (Å²) in [6.45, 7) is 3.77. The molecule has 0 saturated carbocycles. The molecule has 0 aliphatic carbocycles. The van der Waals surface area contributed by atoms with E-state index in [1.54, 1.807) is 21.8 Å². The van der Waals surface area contributed by atoms with Gasteiger partial charge in [0.15, 0.2) is 4.96 Å². The fourth-order valence-corrected chi connectivity index (χ4v) is 4.85. The predicted octanol–water partition coefficient (Wildman–Crippen LogP) is 3.46. The third-order valence-electron chi connectivity index (χ3n) is 4.29. The van der Waals surface area contributed by atoms with Gasteiger partial charge < -0.3 is 0 Å². The van der Waals surface area contributed by atoms with Crippen molar-refractivity contribution in [2.45, 2.75) is 32.4 Å². The topological polar surface area (TPSA) is 37.6 Å². The number of thiazole rings is 1. The van der Waals surface area contributed by atoms with Crippen molar-refractivity contribution >= 4 is 27.6 Å². The molecule has 4 nitrogen and oxygen atoms in total. The maximum atomic E-state index is 12.3. The average molecular weight is 331 g/mol. The van der Waals surface area contributed by atoms with Crippen LogP contribution in [0.4, 0.5) is 0 Å². The van der Waals surface area contributed by atoms with E-state index in [0.29, 0.717) is 6.04 Å². The van der Waals surface area contributed by atoms with Gasteiger partial charge >= 0.3 is 0 Å². The third kappa shape index (κ3) is 2.41. The van der Waals surface area contributed by atoms with Crippen LogP contribution in [0.15, 0.2) is 33.1 Å². The van der Waals surface area contributed by atoms with Gasteiger partial charge in [0.25, 0.3) is 5.56 Å². The highest BCUT2D eigenvalue weighted by atomic mass is 32.1. The molecule has 3 aromatic heterocycles. The maximum absolute atomic E-state index is 12.3. The number of hydrogen-bond donors (Lipinski definition) is 0. The SMILES string of the molecule is Cc1csc2nc(CN3CCC[C@@H]3c3ccsc3)cc(=O)n12. The summed E-state index contributed by atoms with van der Waals surface area (Å²) in [5.74, 6) is 0. The van der Waals surface area contributed by atoms with Crippen LogP contribution in [0.3, 0.4) is 0 Å². The van der Waals surface area contributed by atoms with Gasteiger partial charge in [0, 0.05) is 29.7 Å². The average Bonchev–Trinajstić information content (AvgIpc) is 3.19. The van der Waals surface area contributed by atoms with E-state index in [2.05, 4.69) is 26.7 Å². The maximum Gasteiger partial charge on any atom is 0.259 e. The largest absolute Gasteiger partial charge is 0.290 e. The Hall–Kier alpha value is -1.50. The number of nitrogens with zero attached hydrogens (tertiary/aromatic N) is 3. The van der Waals surface area contributed by atoms with E-state index in [9.17, 15) is 4.79 Å². The summed E-state index contributed by atoms with van der Waals surface area (Å²) < 4.78 is 1.69. The Bertz CT molecular complexity index is 850. The fraction of sp³-hybridized carbons (Fsp3) is 0.375. The van der Waals surface area contributed by atoms with Gasteiger partial charge in [-0.1, -0.05) is 0 Å². The van der Waals surface area contributed by atoms with Gasteiger partial charge in [-0.2, -0.15) is 11.3 Å². The zero-order valence-corrected chi connectivity index (χ0v) is 14.0. The van der Waals surface area contributed by atoms with Crippen molar-refractivity contribution in [2.24, 2.45) is 0 Å². The van der Waals surface area contributed by atoms with Gasteiger partial charge in [-0.3, -0.25) is 14.1 Å². The van der Waals surface area contributed by atoms with Crippen LogP contribution in [0, 0.1) is 6.92 Å². The molecule has 0 unspecified atom stereocenters. The summed E-state index contributed by atoms with van der Waals surface area (Å²) in [5.41, 5.74) is 3.27. The molecule has 1 aliphatic heterocycles. The Morgan fingerprint density at radius 1 is 1.41 bits per heavy atom. The first-order valence-electron chi connectivity index (χ1n) is 7.45. The summed E-state index contributed by atoms with van der Waals surface area (Å²) in [7, 11) is 0. The van der Waals surface area contributed by atoms with Crippen LogP contribution in [0.1, 0.15) is 35.8 Å². The molecule has 1 aliphatic rings. The highest BCUT2D eigenvalue weighted by molar-refractivity contribution is 7.15. The lowest BCUT2D eigenvalue weighted by molar-refractivity contribution is 0.246. The van der Waals surface area contributed by atoms with Gasteiger partial charge in [0.2, 0.25) is 0 Å². The molecule has 114 valence electrons. The minimum Gasteiger partial charge on any atom is -0.290 e. The van der Waals surface area contributed by atoms with E-state index in [4.69, 9.17) is 0 Å². The minimum atomic E-state index is 0.0324. The van der Waals surface area contributed by atoms with Gasteiger partial charge in [-0.25, -0.2) is 4.98 Å². The van der Waals surface area contributed by atoms with E-state index >= 15 is 0 Å². The molecule has 1 atom stereocenters. The van der Waals surface area contributed by atoms with Crippen LogP contribution in [0.5, 0.6) is 0 Å². The van der Waals surface area contributed by atoms with Crippen LogP contribution >= 0.6 is 22.7 Å². The zero-order valence-electron chi connectivity index (χ0n) is 12.4. The van der Waals surface area contributed by atoms with E-state index in [1.807, 2.05) is 12.3 Å². The van der Waals surface area contributed by atoms with Gasteiger partial charge in [0.1, 0.15) is 0 Å². The summed E-state index contributed by atoms with van der Waals surface area (Å²) >= 11 is 3.28. The van der Waals surface area contributed by atoms with E-state index < -0.39 is 0 Å². The molecule has 22 heavy (non-hydrogen) atoms. The first kappa shape index (κ1) is 14.1. The fourth-order valence-electron chi connectivity index (χ4n) is 3.25. The van der Waals surface area contributed by atoms with Crippen molar-refractivity contribution < 1.29 is 0 Å². The number of aryl methyl sites for hydroxylation is 1. The molecular formula is C16H17N3OS2. The van der Waals surface area contributed by atoms with Crippen LogP contribution in [-0.4, -0.2) is 20.8 Å². The number of fused-ring (bicyclic) bond motifs is 1. The van der Waals surface area contributed by atoms with E-state index in [1.165, 1.54) is 29.7 Å². The minimum absolute atomic E-state index is 0.0324. The second-order valence-electron chi connectivity index (χ2n) is 5.77. The number of aromatic nitrogens is 2. The van der Waals surface area contributed by atoms with Crippen molar-refractivity contribution in [3.8, 4) is 0 Å². The quantitative estimate of drug-likeness (QED) is 0.737. The Labute approximate surface area is 136 Å². The molecule has 6 heteroatoms. The summed E-state index contributed by atoms with van der Waals surface area (Å²) in [6.07, 6.45) is 2.40. The van der Waals surface area contributed by atoms with Gasteiger partial charge in [-0.15, -0.1) is 11.3 Å². The Morgan fingerprint density at radius 3 is 3.14 bits per heavy atom. The highest BCUT2D eigenvalue weighted by Gasteiger charge is 2.26. The van der Waals surface area contributed by atoms with Crippen LogP contribution < -0.4 is 5.56 Å². The van der Waals surface area contributed by atoms with Crippen molar-refractivity contribution in [2.75, 3.05) is 6.54 Å². The van der Waals surface area contributed by atoms with Crippen molar-refractivity contribution in [3.63, 3.8) is 0 Å². The number of thiophene rings is 1. The van der Waals surface area contributed by atoms with Gasteiger partial charge in [0.05, 0.1) is 5.69 Å². The zero-order chi connectivity index (χ0) is 15.1. The third-order valence-corrected chi connectivity index (χ3v) is 5.93. The number of likely N-dealkylation sites (tertiary alicyclic amines) is 1. The number of rotatable bonds is 3. The van der Waals surface area contributed by atoms with Crippen LogP contribution in [0.2, 0.25) is 0 Å². The van der Waals surface area contributed by atoms with E-state index in [-0.39, 0.29) is 5.56 Å². The normalized spacial score (nSPS) is 19.2. The first-order valence-corrected chi connectivity index (χ1v) is 9.27. The Morgan fingerprint density at radius 2 is 2.32 bits per heavy atom. The molecule has 0 amide bonds. The second-order valence-corrected chi connectivity index (χ2v) is 7.38. The molecule has 4 heterocycles. The summed E-state index contributed by atoms with van der Waals surface area (Å²) in [5, 5.41) is 6.35. The van der Waals surface area contributed by atoms with Crippen molar-refractivity contribution in [1.82, 2.24) is 14.3 Å². The molecule has 0 N–H and O–H groups in total. The molecule has 0 bridgehead atoms. The smallest absolute Gasteiger partial charge is 0.259 e. The highest BCUT2D eigenvalue weighted by Crippen LogP contribution is 2.33. The van der Waals surface area contributed by atoms with Crippen molar-refractivity contribution in [3.05, 3.63) is 55.6 Å². The first-order chi connectivity index (χ1) is 10.7. The van der Waals surface area contributed by atoms with Crippen LogP contribution in [0.25, 0.3) is 4.96 Å². The lowest BCUT2D eigenvalue weighted by Gasteiger charge is -2.23. The molecule has 0 spiro atoms. The van der Waals surface area contributed by atoms with Crippen LogP contribution in [-0.2, 0) is 6.54 Å². The Balaban J connectivity index is 1.64. The van der Waals surface area contributed by atoms with Crippen molar-refractivity contribution in [1.29, 1.82) is 0 Å². The molecule has 0 aromatic carbocycles. The standard InChI is InChI=1S/C16H17N3OS2/c1-11-9-22-16-17-13(7-15(20)19(11)16)8-18-5-2-3-14(18)12-4-6-21-10-12/h4,6-7,9-10,14H,2-3,5,8H2,1H3/t14-/m1/s1.